The van der Waals surface area contributed by atoms with Gasteiger partial charge in [-0.3, -0.25) is 57.7 Å². The molecule has 0 aliphatic carbocycles. The van der Waals surface area contributed by atoms with Crippen molar-refractivity contribution in [2.75, 3.05) is 38.2 Å². The molecular formula is C42H70N14O14S. The highest BCUT2D eigenvalue weighted by atomic mass is 32.2. The van der Waals surface area contributed by atoms with Crippen molar-refractivity contribution in [3.05, 3.63) is 0 Å². The maximum Gasteiger partial charge on any atom is 0.326 e. The molecule has 398 valence electrons. The van der Waals surface area contributed by atoms with Crippen molar-refractivity contribution in [2.45, 2.75) is 139 Å². The van der Waals surface area contributed by atoms with Gasteiger partial charge in [-0.25, -0.2) is 4.79 Å². The number of nitrogens with two attached hydrogens (primary N) is 5. The third-order valence-corrected chi connectivity index (χ3v) is 12.2. The average Bonchev–Trinajstić information content (AvgIpc) is 4.00. The molecule has 0 aromatic rings. The van der Waals surface area contributed by atoms with Crippen LogP contribution in [0.5, 0.6) is 0 Å². The predicted molar refractivity (Wildman–Crippen MR) is 255 cm³/mol. The van der Waals surface area contributed by atoms with Crippen LogP contribution in [0.1, 0.15) is 90.9 Å². The molecule has 71 heavy (non-hydrogen) atoms. The molecule has 2 rings (SSSR count). The smallest absolute Gasteiger partial charge is 0.326 e. The topological polar surface area (TPSA) is 466 Å². The van der Waals surface area contributed by atoms with Crippen molar-refractivity contribution in [2.24, 2.45) is 39.6 Å². The lowest BCUT2D eigenvalue weighted by molar-refractivity contribution is -0.147. The van der Waals surface area contributed by atoms with E-state index in [9.17, 15) is 67.7 Å². The average molecular weight is 1030 g/mol. The molecule has 28 nitrogen and oxygen atoms in total. The Kier molecular flexibility index (Phi) is 25.6. The second-order valence-corrected chi connectivity index (χ2v) is 18.3. The monoisotopic (exact) mass is 1030 g/mol. The fourth-order valence-electron chi connectivity index (χ4n) is 7.84. The van der Waals surface area contributed by atoms with E-state index in [4.69, 9.17) is 28.7 Å². The number of hydrogen-bond donors (Lipinski definition) is 13. The first-order chi connectivity index (χ1) is 33.4. The van der Waals surface area contributed by atoms with Crippen LogP contribution in [0.2, 0.25) is 0 Å². The van der Waals surface area contributed by atoms with Crippen molar-refractivity contribution in [3.8, 4) is 0 Å². The van der Waals surface area contributed by atoms with Crippen LogP contribution in [-0.4, -0.2) is 184 Å². The summed E-state index contributed by atoms with van der Waals surface area (Å²) in [6, 6.07) is -11.1. The molecule has 0 saturated carbocycles. The minimum Gasteiger partial charge on any atom is -0.481 e. The zero-order chi connectivity index (χ0) is 53.5. The van der Waals surface area contributed by atoms with Crippen LogP contribution < -0.4 is 60.6 Å². The number of aliphatic carboxylic acids is 2. The summed E-state index contributed by atoms with van der Waals surface area (Å²) >= 11 is 1.31. The number of carbonyl (C=O) groups excluding carboxylic acids is 10. The Morgan fingerprint density at radius 2 is 1.11 bits per heavy atom. The van der Waals surface area contributed by atoms with Gasteiger partial charge < -0.3 is 80.6 Å². The van der Waals surface area contributed by atoms with Crippen LogP contribution >= 0.6 is 11.8 Å². The molecule has 2 saturated heterocycles. The van der Waals surface area contributed by atoms with Crippen molar-refractivity contribution in [1.82, 2.24) is 41.7 Å². The normalized spacial score (nSPS) is 17.8. The molecule has 2 fully saturated rings. The summed E-state index contributed by atoms with van der Waals surface area (Å²) in [6.07, 6.45) is 0.332. The third kappa shape index (κ3) is 20.2. The largest absolute Gasteiger partial charge is 0.481 e. The molecule has 0 aromatic heterocycles. The minimum absolute atomic E-state index is 0.00695. The highest BCUT2D eigenvalue weighted by Gasteiger charge is 2.42. The second-order valence-electron chi connectivity index (χ2n) is 17.4. The molecule has 0 unspecified atom stereocenters. The van der Waals surface area contributed by atoms with E-state index in [1.54, 1.807) is 20.1 Å². The Morgan fingerprint density at radius 3 is 1.58 bits per heavy atom. The molecule has 2 heterocycles. The van der Waals surface area contributed by atoms with Gasteiger partial charge in [-0.05, 0) is 75.7 Å². The minimum atomic E-state index is -1.82. The Morgan fingerprint density at radius 1 is 0.634 bits per heavy atom. The van der Waals surface area contributed by atoms with Crippen LogP contribution in [-0.2, 0) is 57.5 Å². The fourth-order valence-corrected chi connectivity index (χ4v) is 8.31. The zero-order valence-corrected chi connectivity index (χ0v) is 41.0. The lowest BCUT2D eigenvalue weighted by atomic mass is 10.0. The highest BCUT2D eigenvalue weighted by molar-refractivity contribution is 7.98. The van der Waals surface area contributed by atoms with Crippen LogP contribution in [0.25, 0.3) is 0 Å². The van der Waals surface area contributed by atoms with Gasteiger partial charge in [-0.2, -0.15) is 11.8 Å². The highest BCUT2D eigenvalue weighted by Crippen LogP contribution is 2.23. The number of amides is 10. The number of carboxylic acids is 2. The molecule has 0 aromatic carbocycles. The Bertz CT molecular complexity index is 1990. The Hall–Kier alpha value is -6.78. The number of thioether (sulfide) groups is 1. The van der Waals surface area contributed by atoms with Crippen molar-refractivity contribution in [1.29, 1.82) is 0 Å². The van der Waals surface area contributed by atoms with Gasteiger partial charge in [0.05, 0.1) is 13.0 Å². The lowest BCUT2D eigenvalue weighted by Gasteiger charge is -2.32. The van der Waals surface area contributed by atoms with Crippen molar-refractivity contribution in [3.63, 3.8) is 0 Å². The van der Waals surface area contributed by atoms with E-state index in [0.29, 0.717) is 12.2 Å². The van der Waals surface area contributed by atoms with E-state index in [-0.39, 0.29) is 77.0 Å². The van der Waals surface area contributed by atoms with Crippen LogP contribution in [0.3, 0.4) is 0 Å². The first-order valence-electron chi connectivity index (χ1n) is 23.1. The molecule has 2 aliphatic heterocycles. The van der Waals surface area contributed by atoms with E-state index in [0.717, 1.165) is 4.90 Å². The molecule has 0 spiro atoms. The van der Waals surface area contributed by atoms with E-state index >= 15 is 0 Å². The predicted octanol–water partition coefficient (Wildman–Crippen LogP) is -5.61. The summed E-state index contributed by atoms with van der Waals surface area (Å²) in [4.78, 5) is 162. The molecule has 18 N–H and O–H groups in total. The summed E-state index contributed by atoms with van der Waals surface area (Å²) in [7, 11) is 0. The molecule has 0 radical (unpaired) electrons. The zero-order valence-electron chi connectivity index (χ0n) is 40.1. The van der Waals surface area contributed by atoms with Crippen molar-refractivity contribution >= 4 is 88.7 Å². The number of hydrogen-bond acceptors (Lipinski definition) is 15. The van der Waals surface area contributed by atoms with Gasteiger partial charge in [0.15, 0.2) is 5.96 Å². The number of nitrogens with one attached hydrogen (secondary N) is 6. The van der Waals surface area contributed by atoms with E-state index < -0.39 is 151 Å². The van der Waals surface area contributed by atoms with Gasteiger partial charge in [0.1, 0.15) is 48.3 Å². The van der Waals surface area contributed by atoms with E-state index in [1.807, 2.05) is 0 Å². The van der Waals surface area contributed by atoms with Gasteiger partial charge >= 0.3 is 11.9 Å². The SMILES string of the molecule is CSCC[C@H](NC(=O)[C@@H]1CCCN1C(=O)[C@@H](NC(=O)[C@H](CCC(N)=O)NC(=O)CN)C(C)C)C(=O)N[C@@H](CCC(N)=O)C(=O)N[C@@H](CC(=O)O)C(=O)N1CCC[C@H]1C(=O)N[C@@H](CCCN=C(N)N)C(=O)O. The number of likely N-dealkylation sites (tertiary alicyclic amines) is 2. The van der Waals surface area contributed by atoms with Crippen LogP contribution in [0.4, 0.5) is 0 Å². The Balaban J connectivity index is 2.32. The second kappa shape index (κ2) is 30.1. The third-order valence-electron chi connectivity index (χ3n) is 11.5. The number of nitrogens with zero attached hydrogens (tertiary/aromatic N) is 3. The molecular weight excluding hydrogens is 957 g/mol. The number of guanidine groups is 1. The summed E-state index contributed by atoms with van der Waals surface area (Å²) in [5.41, 5.74) is 26.6. The van der Waals surface area contributed by atoms with Crippen molar-refractivity contribution < 1.29 is 67.7 Å². The van der Waals surface area contributed by atoms with Gasteiger partial charge in [-0.15, -0.1) is 0 Å². The Labute approximate surface area is 414 Å². The van der Waals surface area contributed by atoms with Gasteiger partial charge in [-0.1, -0.05) is 13.8 Å². The number of carboxylic acid groups (broad SMARTS) is 2. The molecule has 2 aliphatic rings. The molecule has 29 heteroatoms. The number of aliphatic imine (C=N–C) groups is 1. The maximum atomic E-state index is 14.1. The molecule has 10 amide bonds. The molecule has 8 atom stereocenters. The number of carbonyl (C=O) groups is 12. The number of rotatable bonds is 31. The summed E-state index contributed by atoms with van der Waals surface area (Å²) < 4.78 is 0. The lowest BCUT2D eigenvalue weighted by Crippen LogP contribution is -2.60. The van der Waals surface area contributed by atoms with E-state index in [2.05, 4.69) is 36.9 Å². The maximum absolute atomic E-state index is 14.1. The number of primary amides is 2. The molecule has 0 bridgehead atoms. The van der Waals surface area contributed by atoms with Crippen LogP contribution in [0, 0.1) is 5.92 Å². The first kappa shape index (κ1) is 60.3. The standard InChI is InChI=1S/C42H70N14O14S/c1-21(2)33(54-36(64)22(10-12-29(44)57)49-31(59)20-43)40(68)56-17-6-9-28(56)37(65)51-24(14-18-71-3)35(63)50-23(11-13-30(45)58)34(62)53-26(19-32(60)61)39(67)55-16-5-8-27(55)38(66)52-25(41(69)70)7-4-15-48-42(46)47/h21-28,33H,4-20,43H2,1-3H3,(H2,44,57)(H2,45,58)(H,49,59)(H,50,63)(H,51,65)(H,52,66)(H,53,62)(H,54,64)(H,60,61)(H,69,70)(H4,46,47,48)/t22-,23-,24-,25-,26-,27-,28-,33-/m0/s1. The first-order valence-corrected chi connectivity index (χ1v) is 24.5. The fraction of sp³-hybridized carbons (Fsp3) is 0.690. The summed E-state index contributed by atoms with van der Waals surface area (Å²) in [5, 5.41) is 34.3. The summed E-state index contributed by atoms with van der Waals surface area (Å²) in [6.45, 7) is 2.93. The van der Waals surface area contributed by atoms with Gasteiger partial charge in [0, 0.05) is 32.5 Å². The summed E-state index contributed by atoms with van der Waals surface area (Å²) in [5.74, 6) is -11.8. The van der Waals surface area contributed by atoms with Crippen LogP contribution in [0.15, 0.2) is 4.99 Å². The van der Waals surface area contributed by atoms with Gasteiger partial charge in [0.25, 0.3) is 0 Å². The van der Waals surface area contributed by atoms with E-state index in [1.165, 1.54) is 16.7 Å². The quantitative estimate of drug-likeness (QED) is 0.0175. The van der Waals surface area contributed by atoms with Gasteiger partial charge in [0.2, 0.25) is 59.1 Å².